The SMILES string of the molecule is COc1cc2c(cc1-c1c(C)noc1-c1ccccc1)[nH]c1ccnc(Cl)c12. The average molecular weight is 390 g/mol. The van der Waals surface area contributed by atoms with E-state index in [9.17, 15) is 0 Å². The molecule has 0 aliphatic rings. The summed E-state index contributed by atoms with van der Waals surface area (Å²) in [6.45, 7) is 1.93. The zero-order valence-electron chi connectivity index (χ0n) is 15.3. The quantitative estimate of drug-likeness (QED) is 0.384. The lowest BCUT2D eigenvalue weighted by Crippen LogP contribution is -1.91. The molecule has 5 nitrogen and oxygen atoms in total. The fraction of sp³-hybridized carbons (Fsp3) is 0.0909. The van der Waals surface area contributed by atoms with Gasteiger partial charge in [-0.1, -0.05) is 47.1 Å². The number of halogens is 1. The number of aryl methyl sites for hydroxylation is 1. The van der Waals surface area contributed by atoms with E-state index in [1.54, 1.807) is 13.3 Å². The lowest BCUT2D eigenvalue weighted by molar-refractivity contribution is 0.416. The largest absolute Gasteiger partial charge is 0.496 e. The van der Waals surface area contributed by atoms with Crippen molar-refractivity contribution in [3.63, 3.8) is 0 Å². The van der Waals surface area contributed by atoms with Gasteiger partial charge in [-0.15, -0.1) is 0 Å². The monoisotopic (exact) mass is 389 g/mol. The van der Waals surface area contributed by atoms with E-state index in [0.29, 0.717) is 10.9 Å². The van der Waals surface area contributed by atoms with Crippen molar-refractivity contribution in [3.8, 4) is 28.2 Å². The molecule has 0 aliphatic heterocycles. The molecule has 0 radical (unpaired) electrons. The van der Waals surface area contributed by atoms with Gasteiger partial charge in [-0.2, -0.15) is 0 Å². The van der Waals surface area contributed by atoms with Crippen molar-refractivity contribution >= 4 is 33.4 Å². The molecule has 0 saturated carbocycles. The fourth-order valence-corrected chi connectivity index (χ4v) is 3.93. The van der Waals surface area contributed by atoms with E-state index in [0.717, 1.165) is 49.9 Å². The van der Waals surface area contributed by atoms with Gasteiger partial charge >= 0.3 is 0 Å². The zero-order chi connectivity index (χ0) is 19.3. The molecule has 138 valence electrons. The van der Waals surface area contributed by atoms with Crippen LogP contribution in [0, 0.1) is 6.92 Å². The van der Waals surface area contributed by atoms with Crippen LogP contribution in [0.5, 0.6) is 5.75 Å². The average Bonchev–Trinajstić information content (AvgIpc) is 3.28. The Kier molecular flexibility index (Phi) is 3.84. The van der Waals surface area contributed by atoms with Gasteiger partial charge in [-0.3, -0.25) is 0 Å². The highest BCUT2D eigenvalue weighted by Crippen LogP contribution is 2.43. The molecule has 0 fully saturated rings. The van der Waals surface area contributed by atoms with Crippen molar-refractivity contribution in [2.45, 2.75) is 6.92 Å². The highest BCUT2D eigenvalue weighted by Gasteiger charge is 2.22. The van der Waals surface area contributed by atoms with Crippen LogP contribution in [0.1, 0.15) is 5.69 Å². The number of hydrogen-bond acceptors (Lipinski definition) is 4. The predicted molar refractivity (Wildman–Crippen MR) is 111 cm³/mol. The molecule has 0 amide bonds. The summed E-state index contributed by atoms with van der Waals surface area (Å²) >= 11 is 6.35. The van der Waals surface area contributed by atoms with Crippen LogP contribution in [-0.4, -0.2) is 22.2 Å². The molecule has 0 atom stereocenters. The van der Waals surface area contributed by atoms with Crippen molar-refractivity contribution in [2.24, 2.45) is 0 Å². The maximum absolute atomic E-state index is 6.35. The lowest BCUT2D eigenvalue weighted by atomic mass is 9.97. The third-order valence-electron chi connectivity index (χ3n) is 4.95. The fourth-order valence-electron chi connectivity index (χ4n) is 3.67. The number of H-pyrrole nitrogens is 1. The van der Waals surface area contributed by atoms with E-state index in [4.69, 9.17) is 20.9 Å². The molecule has 0 unspecified atom stereocenters. The highest BCUT2D eigenvalue weighted by molar-refractivity contribution is 6.36. The van der Waals surface area contributed by atoms with Gasteiger partial charge in [0.25, 0.3) is 0 Å². The van der Waals surface area contributed by atoms with E-state index in [2.05, 4.69) is 21.2 Å². The van der Waals surface area contributed by atoms with Gasteiger partial charge in [0.15, 0.2) is 5.76 Å². The first-order valence-corrected chi connectivity index (χ1v) is 9.21. The smallest absolute Gasteiger partial charge is 0.175 e. The summed E-state index contributed by atoms with van der Waals surface area (Å²) in [5.74, 6) is 1.43. The molecular weight excluding hydrogens is 374 g/mol. The summed E-state index contributed by atoms with van der Waals surface area (Å²) in [7, 11) is 1.66. The summed E-state index contributed by atoms with van der Waals surface area (Å²) in [5.41, 5.74) is 5.45. The molecule has 28 heavy (non-hydrogen) atoms. The number of rotatable bonds is 3. The summed E-state index contributed by atoms with van der Waals surface area (Å²) in [5, 5.41) is 6.52. The summed E-state index contributed by atoms with van der Waals surface area (Å²) in [6, 6.07) is 15.9. The molecule has 3 aromatic heterocycles. The van der Waals surface area contributed by atoms with Crippen LogP contribution >= 0.6 is 11.6 Å². The Balaban J connectivity index is 1.82. The van der Waals surface area contributed by atoms with Gasteiger partial charge in [0, 0.05) is 33.6 Å². The Bertz CT molecular complexity index is 1320. The molecule has 0 spiro atoms. The molecule has 5 aromatic rings. The third-order valence-corrected chi connectivity index (χ3v) is 5.24. The first kappa shape index (κ1) is 16.8. The number of methoxy groups -OCH3 is 1. The maximum atomic E-state index is 6.35. The molecule has 0 aliphatic carbocycles. The second-order valence-corrected chi connectivity index (χ2v) is 6.94. The van der Waals surface area contributed by atoms with E-state index in [1.165, 1.54) is 0 Å². The third kappa shape index (κ3) is 2.47. The molecular formula is C22H16ClN3O2. The Labute approximate surface area is 165 Å². The normalized spacial score (nSPS) is 11.4. The van der Waals surface area contributed by atoms with Crippen molar-refractivity contribution < 1.29 is 9.26 Å². The van der Waals surface area contributed by atoms with Crippen molar-refractivity contribution in [1.82, 2.24) is 15.1 Å². The van der Waals surface area contributed by atoms with E-state index in [1.807, 2.05) is 49.4 Å². The number of aromatic amines is 1. The Morgan fingerprint density at radius 1 is 1.07 bits per heavy atom. The Hall–Kier alpha value is -3.31. The standard InChI is InChI=1S/C22H16ClN3O2/c1-12-19(21(28-26-12)13-6-4-3-5-7-13)15-10-17-14(11-18(15)27-2)20-16(25-17)8-9-24-22(20)23/h3-11,25H,1-2H3. The summed E-state index contributed by atoms with van der Waals surface area (Å²) < 4.78 is 11.4. The Morgan fingerprint density at radius 3 is 2.68 bits per heavy atom. The predicted octanol–water partition coefficient (Wildman–Crippen LogP) is 6.01. The minimum atomic E-state index is 0.463. The molecule has 3 heterocycles. The number of hydrogen-bond donors (Lipinski definition) is 1. The number of nitrogens with one attached hydrogen (secondary N) is 1. The van der Waals surface area contributed by atoms with Gasteiger partial charge in [0.1, 0.15) is 10.9 Å². The zero-order valence-corrected chi connectivity index (χ0v) is 16.0. The minimum Gasteiger partial charge on any atom is -0.496 e. The summed E-state index contributed by atoms with van der Waals surface area (Å²) in [4.78, 5) is 7.63. The van der Waals surface area contributed by atoms with Crippen molar-refractivity contribution in [3.05, 3.63) is 65.6 Å². The number of pyridine rings is 1. The number of ether oxygens (including phenoxy) is 1. The van der Waals surface area contributed by atoms with Crippen LogP contribution in [0.15, 0.2) is 59.3 Å². The number of benzene rings is 2. The highest BCUT2D eigenvalue weighted by atomic mass is 35.5. The number of nitrogens with zero attached hydrogens (tertiary/aromatic N) is 2. The van der Waals surface area contributed by atoms with Crippen LogP contribution in [0.4, 0.5) is 0 Å². The van der Waals surface area contributed by atoms with E-state index in [-0.39, 0.29) is 0 Å². The van der Waals surface area contributed by atoms with E-state index < -0.39 is 0 Å². The first-order valence-electron chi connectivity index (χ1n) is 8.83. The topological polar surface area (TPSA) is 63.9 Å². The Morgan fingerprint density at radius 2 is 1.89 bits per heavy atom. The minimum absolute atomic E-state index is 0.463. The van der Waals surface area contributed by atoms with Crippen LogP contribution in [0.25, 0.3) is 44.3 Å². The molecule has 6 heteroatoms. The number of aromatic nitrogens is 3. The van der Waals surface area contributed by atoms with Crippen LogP contribution < -0.4 is 4.74 Å². The second-order valence-electron chi connectivity index (χ2n) is 6.59. The van der Waals surface area contributed by atoms with Crippen LogP contribution in [-0.2, 0) is 0 Å². The lowest BCUT2D eigenvalue weighted by Gasteiger charge is -2.10. The molecule has 5 rings (SSSR count). The van der Waals surface area contributed by atoms with Crippen molar-refractivity contribution in [1.29, 1.82) is 0 Å². The molecule has 0 bridgehead atoms. The number of fused-ring (bicyclic) bond motifs is 3. The van der Waals surface area contributed by atoms with Crippen LogP contribution in [0.2, 0.25) is 5.15 Å². The second kappa shape index (κ2) is 6.39. The van der Waals surface area contributed by atoms with Crippen LogP contribution in [0.3, 0.4) is 0 Å². The van der Waals surface area contributed by atoms with Gasteiger partial charge in [-0.05, 0) is 25.1 Å². The van der Waals surface area contributed by atoms with E-state index >= 15 is 0 Å². The molecule has 1 N–H and O–H groups in total. The van der Waals surface area contributed by atoms with Gasteiger partial charge < -0.3 is 14.2 Å². The van der Waals surface area contributed by atoms with Crippen molar-refractivity contribution in [2.75, 3.05) is 7.11 Å². The van der Waals surface area contributed by atoms with Gasteiger partial charge in [0.05, 0.1) is 23.9 Å². The molecule has 0 saturated heterocycles. The first-order chi connectivity index (χ1) is 13.7. The van der Waals surface area contributed by atoms with Gasteiger partial charge in [-0.25, -0.2) is 4.98 Å². The maximum Gasteiger partial charge on any atom is 0.175 e. The summed E-state index contributed by atoms with van der Waals surface area (Å²) in [6.07, 6.45) is 1.69. The van der Waals surface area contributed by atoms with Gasteiger partial charge in [0.2, 0.25) is 0 Å². The molecule has 2 aromatic carbocycles.